The SMILES string of the molecule is C=CCC(=C/c1ccsc1)/C(C)=N\CN.COC1=CC(N)=CC=C(C(=O)O)C1. The number of methoxy groups -OCH3 is 1. The summed E-state index contributed by atoms with van der Waals surface area (Å²) in [5.74, 6) is -0.395. The van der Waals surface area contributed by atoms with E-state index in [9.17, 15) is 4.79 Å². The van der Waals surface area contributed by atoms with Gasteiger partial charge in [0.2, 0.25) is 0 Å². The molecule has 0 bridgehead atoms. The van der Waals surface area contributed by atoms with Crippen LogP contribution >= 0.6 is 11.3 Å². The van der Waals surface area contributed by atoms with E-state index in [0.29, 0.717) is 18.1 Å². The second kappa shape index (κ2) is 12.5. The lowest BCUT2D eigenvalue weighted by molar-refractivity contribution is -0.132. The van der Waals surface area contributed by atoms with Crippen LogP contribution in [0.15, 0.2) is 75.3 Å². The maximum absolute atomic E-state index is 10.7. The number of nitrogens with zero attached hydrogens (tertiary/aromatic N) is 1. The van der Waals surface area contributed by atoms with Crippen molar-refractivity contribution in [3.63, 3.8) is 0 Å². The molecule has 0 spiro atoms. The third-order valence-corrected chi connectivity index (χ3v) is 4.45. The summed E-state index contributed by atoms with van der Waals surface area (Å²) in [6.45, 7) is 6.07. The lowest BCUT2D eigenvalue weighted by Gasteiger charge is -2.04. The predicted molar refractivity (Wildman–Crippen MR) is 117 cm³/mol. The molecular formula is C21H27N3O3S. The summed E-state index contributed by atoms with van der Waals surface area (Å²) in [6, 6.07) is 2.09. The number of carboxylic acids is 1. The molecule has 28 heavy (non-hydrogen) atoms. The fraction of sp³-hybridized carbons (Fsp3) is 0.238. The highest BCUT2D eigenvalue weighted by Gasteiger charge is 2.12. The Balaban J connectivity index is 0.000000283. The van der Waals surface area contributed by atoms with Crippen LogP contribution in [0.2, 0.25) is 0 Å². The van der Waals surface area contributed by atoms with E-state index in [-0.39, 0.29) is 12.0 Å². The van der Waals surface area contributed by atoms with Gasteiger partial charge >= 0.3 is 5.97 Å². The Bertz CT molecular complexity index is 816. The molecule has 0 fully saturated rings. The number of ether oxygens (including phenoxy) is 1. The van der Waals surface area contributed by atoms with Crippen molar-refractivity contribution in [3.8, 4) is 0 Å². The Morgan fingerprint density at radius 2 is 2.21 bits per heavy atom. The van der Waals surface area contributed by atoms with Crippen LogP contribution in [0.5, 0.6) is 0 Å². The standard InChI is InChI=1S/C12H16N2S.C9H11NO3/c1-3-4-12(10(2)14-9-13)7-11-5-6-15-8-11;1-13-8-4-6(9(11)12)2-3-7(10)5-8/h3,5-8H,1,4,9,13H2,2H3;2-3,5H,4,10H2,1H3,(H,11,12)/b12-7-,14-10-;. The minimum Gasteiger partial charge on any atom is -0.501 e. The average Bonchev–Trinajstić information content (AvgIpc) is 3.09. The number of rotatable bonds is 7. The monoisotopic (exact) mass is 401 g/mol. The smallest absolute Gasteiger partial charge is 0.332 e. The van der Waals surface area contributed by atoms with Crippen molar-refractivity contribution in [2.75, 3.05) is 13.8 Å². The zero-order chi connectivity index (χ0) is 20.9. The molecule has 2 rings (SSSR count). The van der Waals surface area contributed by atoms with Crippen molar-refractivity contribution in [2.45, 2.75) is 19.8 Å². The molecule has 0 saturated carbocycles. The topological polar surface area (TPSA) is 111 Å². The molecule has 1 heterocycles. The molecule has 6 nitrogen and oxygen atoms in total. The minimum absolute atomic E-state index is 0.267. The summed E-state index contributed by atoms with van der Waals surface area (Å²) in [7, 11) is 1.49. The van der Waals surface area contributed by atoms with Crippen LogP contribution < -0.4 is 11.5 Å². The van der Waals surface area contributed by atoms with E-state index in [1.54, 1.807) is 23.5 Å². The number of aliphatic carboxylic acids is 1. The molecule has 0 saturated heterocycles. The van der Waals surface area contributed by atoms with Gasteiger partial charge in [0.25, 0.3) is 0 Å². The van der Waals surface area contributed by atoms with Gasteiger partial charge in [-0.1, -0.05) is 6.08 Å². The number of carbonyl (C=O) groups is 1. The normalized spacial score (nSPS) is 14.6. The van der Waals surface area contributed by atoms with Gasteiger partial charge in [-0.3, -0.25) is 4.99 Å². The predicted octanol–water partition coefficient (Wildman–Crippen LogP) is 3.86. The molecular weight excluding hydrogens is 374 g/mol. The molecule has 1 aromatic heterocycles. The largest absolute Gasteiger partial charge is 0.501 e. The van der Waals surface area contributed by atoms with E-state index in [2.05, 4.69) is 34.5 Å². The number of hydrogen-bond acceptors (Lipinski definition) is 6. The first kappa shape index (κ1) is 23.1. The molecule has 0 unspecified atom stereocenters. The summed E-state index contributed by atoms with van der Waals surface area (Å²) >= 11 is 1.69. The van der Waals surface area contributed by atoms with Crippen LogP contribution in [-0.4, -0.2) is 30.6 Å². The van der Waals surface area contributed by atoms with Crippen molar-refractivity contribution in [1.29, 1.82) is 0 Å². The van der Waals surface area contributed by atoms with Gasteiger partial charge in [0.05, 0.1) is 13.8 Å². The Hall–Kier alpha value is -2.90. The van der Waals surface area contributed by atoms with Gasteiger partial charge in [0.1, 0.15) is 5.76 Å². The van der Waals surface area contributed by atoms with Gasteiger partial charge in [-0.15, -0.1) is 6.58 Å². The molecule has 0 atom stereocenters. The quantitative estimate of drug-likeness (QED) is 0.474. The molecule has 1 aliphatic rings. The zero-order valence-electron chi connectivity index (χ0n) is 16.2. The van der Waals surface area contributed by atoms with Crippen LogP contribution in [0.3, 0.4) is 0 Å². The minimum atomic E-state index is -0.950. The molecule has 150 valence electrons. The Morgan fingerprint density at radius 1 is 1.46 bits per heavy atom. The molecule has 1 aromatic rings. The summed E-state index contributed by atoms with van der Waals surface area (Å²) < 4.78 is 4.96. The lowest BCUT2D eigenvalue weighted by Crippen LogP contribution is -2.02. The van der Waals surface area contributed by atoms with Crippen molar-refractivity contribution in [3.05, 3.63) is 75.9 Å². The first-order valence-corrected chi connectivity index (χ1v) is 9.54. The zero-order valence-corrected chi connectivity index (χ0v) is 17.0. The molecule has 7 heteroatoms. The number of thiophene rings is 1. The van der Waals surface area contributed by atoms with Crippen molar-refractivity contribution < 1.29 is 14.6 Å². The molecule has 0 amide bonds. The molecule has 1 aliphatic carbocycles. The summed E-state index contributed by atoms with van der Waals surface area (Å²) in [5, 5.41) is 12.9. The van der Waals surface area contributed by atoms with Gasteiger partial charge in [-0.05, 0) is 65.6 Å². The molecule has 0 aromatic carbocycles. The summed E-state index contributed by atoms with van der Waals surface area (Å²) in [6.07, 6.45) is 9.76. The Labute approximate surface area is 169 Å². The van der Waals surface area contributed by atoms with Crippen molar-refractivity contribution in [1.82, 2.24) is 0 Å². The van der Waals surface area contributed by atoms with Crippen LogP contribution in [0, 0.1) is 0 Å². The van der Waals surface area contributed by atoms with Crippen LogP contribution in [0.1, 0.15) is 25.3 Å². The van der Waals surface area contributed by atoms with E-state index in [4.69, 9.17) is 21.3 Å². The van der Waals surface area contributed by atoms with Crippen LogP contribution in [0.4, 0.5) is 0 Å². The van der Waals surface area contributed by atoms with Gasteiger partial charge in [0, 0.05) is 23.4 Å². The highest BCUT2D eigenvalue weighted by atomic mass is 32.1. The maximum atomic E-state index is 10.7. The van der Waals surface area contributed by atoms with Gasteiger partial charge in [-0.2, -0.15) is 11.3 Å². The summed E-state index contributed by atoms with van der Waals surface area (Å²) in [5.41, 5.74) is 15.1. The highest BCUT2D eigenvalue weighted by molar-refractivity contribution is 7.08. The number of allylic oxidation sites excluding steroid dienone is 6. The molecule has 0 aliphatic heterocycles. The van der Waals surface area contributed by atoms with E-state index < -0.39 is 5.97 Å². The van der Waals surface area contributed by atoms with Crippen LogP contribution in [0.25, 0.3) is 6.08 Å². The second-order valence-electron chi connectivity index (χ2n) is 5.80. The van der Waals surface area contributed by atoms with Crippen molar-refractivity contribution >= 4 is 29.1 Å². The third kappa shape index (κ3) is 8.20. The fourth-order valence-electron chi connectivity index (χ4n) is 2.27. The maximum Gasteiger partial charge on any atom is 0.332 e. The summed E-state index contributed by atoms with van der Waals surface area (Å²) in [4.78, 5) is 14.9. The average molecular weight is 402 g/mol. The van der Waals surface area contributed by atoms with Crippen molar-refractivity contribution in [2.24, 2.45) is 16.5 Å². The Kier molecular flexibility index (Phi) is 10.3. The number of nitrogens with two attached hydrogens (primary N) is 2. The second-order valence-corrected chi connectivity index (χ2v) is 6.58. The van der Waals surface area contributed by atoms with E-state index in [1.807, 2.05) is 13.0 Å². The third-order valence-electron chi connectivity index (χ3n) is 3.75. The molecule has 0 radical (unpaired) electrons. The van der Waals surface area contributed by atoms with E-state index in [1.165, 1.54) is 24.3 Å². The van der Waals surface area contributed by atoms with Crippen LogP contribution in [-0.2, 0) is 9.53 Å². The van der Waals surface area contributed by atoms with Gasteiger partial charge in [-0.25, -0.2) is 4.79 Å². The number of hydrogen-bond donors (Lipinski definition) is 3. The number of aliphatic imine (C=N–C) groups is 1. The first-order chi connectivity index (χ1) is 13.4. The van der Waals surface area contributed by atoms with E-state index >= 15 is 0 Å². The fourth-order valence-corrected chi connectivity index (χ4v) is 2.89. The van der Waals surface area contributed by atoms with Gasteiger partial charge in [0.15, 0.2) is 0 Å². The highest BCUT2D eigenvalue weighted by Crippen LogP contribution is 2.17. The number of carboxylic acid groups (broad SMARTS) is 1. The van der Waals surface area contributed by atoms with Gasteiger partial charge < -0.3 is 21.3 Å². The lowest BCUT2D eigenvalue weighted by atomic mass is 10.1. The van der Waals surface area contributed by atoms with E-state index in [0.717, 1.165) is 12.1 Å². The first-order valence-electron chi connectivity index (χ1n) is 8.60. The molecule has 5 N–H and O–H groups in total. The Morgan fingerprint density at radius 3 is 2.75 bits per heavy atom.